The fraction of sp³-hybridized carbons (Fsp3) is 0.294. The lowest BCUT2D eigenvalue weighted by Crippen LogP contribution is -2.34. The van der Waals surface area contributed by atoms with Gasteiger partial charge in [0, 0.05) is 5.39 Å². The van der Waals surface area contributed by atoms with Crippen LogP contribution in [0.5, 0.6) is 5.75 Å². The Kier molecular flexibility index (Phi) is 3.41. The lowest BCUT2D eigenvalue weighted by molar-refractivity contribution is 0.162. The minimum Gasteiger partial charge on any atom is -0.490 e. The Bertz CT molecular complexity index is 875. The van der Waals surface area contributed by atoms with Gasteiger partial charge < -0.3 is 10.1 Å². The molecular formula is C17H15N3OS. The van der Waals surface area contributed by atoms with Crippen LogP contribution < -0.4 is 10.1 Å². The van der Waals surface area contributed by atoms with Crippen molar-refractivity contribution in [3.8, 4) is 11.8 Å². The molecule has 2 aromatic carbocycles. The zero-order valence-electron chi connectivity index (χ0n) is 12.0. The number of hydrogen-bond donors (Lipinski definition) is 1. The van der Waals surface area contributed by atoms with E-state index in [9.17, 15) is 0 Å². The predicted molar refractivity (Wildman–Crippen MR) is 88.4 cm³/mol. The van der Waals surface area contributed by atoms with Gasteiger partial charge >= 0.3 is 0 Å². The van der Waals surface area contributed by atoms with E-state index < -0.39 is 0 Å². The van der Waals surface area contributed by atoms with Crippen molar-refractivity contribution in [2.75, 3.05) is 13.1 Å². The van der Waals surface area contributed by atoms with Gasteiger partial charge in [-0.25, -0.2) is 4.98 Å². The summed E-state index contributed by atoms with van der Waals surface area (Å²) in [6, 6.07) is 12.3. The fourth-order valence-corrected chi connectivity index (χ4v) is 3.82. The Morgan fingerprint density at radius 2 is 2.09 bits per heavy atom. The second-order valence-electron chi connectivity index (χ2n) is 5.49. The van der Waals surface area contributed by atoms with Crippen molar-refractivity contribution in [2.45, 2.75) is 18.9 Å². The number of nitrogens with zero attached hydrogens (tertiary/aromatic N) is 2. The second-order valence-corrected chi connectivity index (χ2v) is 6.49. The van der Waals surface area contributed by atoms with Gasteiger partial charge in [-0.05, 0) is 55.6 Å². The quantitative estimate of drug-likeness (QED) is 0.787. The summed E-state index contributed by atoms with van der Waals surface area (Å²) >= 11 is 1.45. The van der Waals surface area contributed by atoms with Crippen LogP contribution in [0.3, 0.4) is 0 Å². The van der Waals surface area contributed by atoms with Crippen LogP contribution in [0, 0.1) is 11.3 Å². The molecule has 1 aliphatic rings. The predicted octanol–water partition coefficient (Wildman–Crippen LogP) is 3.45. The molecule has 0 atom stereocenters. The summed E-state index contributed by atoms with van der Waals surface area (Å²) < 4.78 is 7.17. The number of hydrogen-bond acceptors (Lipinski definition) is 5. The molecule has 0 amide bonds. The van der Waals surface area contributed by atoms with E-state index in [-0.39, 0.29) is 0 Å². The van der Waals surface area contributed by atoms with Gasteiger partial charge in [-0.1, -0.05) is 6.07 Å². The summed E-state index contributed by atoms with van der Waals surface area (Å²) in [5.41, 5.74) is 0.890. The summed E-state index contributed by atoms with van der Waals surface area (Å²) in [5.74, 6) is 0.920. The molecular weight excluding hydrogens is 294 g/mol. The number of aromatic nitrogens is 1. The van der Waals surface area contributed by atoms with Gasteiger partial charge in [0.25, 0.3) is 0 Å². The second kappa shape index (κ2) is 5.56. The van der Waals surface area contributed by atoms with E-state index in [1.807, 2.05) is 18.2 Å². The number of nitriles is 1. The molecule has 4 nitrogen and oxygen atoms in total. The Morgan fingerprint density at radius 1 is 1.23 bits per heavy atom. The van der Waals surface area contributed by atoms with Crippen molar-refractivity contribution >= 4 is 32.3 Å². The standard InChI is InChI=1S/C17H15N3OS/c18-10-16-20-15-4-1-11-9-13(2-3-14(11)17(15)22-16)21-12-5-7-19-8-6-12/h1-4,9,12,19H,5-8H2. The number of nitrogens with one attached hydrogen (secondary N) is 1. The molecule has 0 bridgehead atoms. The van der Waals surface area contributed by atoms with Crippen molar-refractivity contribution < 1.29 is 4.74 Å². The van der Waals surface area contributed by atoms with Crippen LogP contribution in [-0.2, 0) is 0 Å². The Balaban J connectivity index is 1.71. The number of ether oxygens (including phenoxy) is 1. The van der Waals surface area contributed by atoms with E-state index in [0.717, 1.165) is 52.7 Å². The van der Waals surface area contributed by atoms with Gasteiger partial charge in [-0.3, -0.25) is 0 Å². The maximum absolute atomic E-state index is 9.01. The van der Waals surface area contributed by atoms with Crippen molar-refractivity contribution in [3.05, 3.63) is 35.3 Å². The lowest BCUT2D eigenvalue weighted by Gasteiger charge is -2.24. The monoisotopic (exact) mass is 309 g/mol. The van der Waals surface area contributed by atoms with E-state index in [0.29, 0.717) is 11.1 Å². The summed E-state index contributed by atoms with van der Waals surface area (Å²) in [7, 11) is 0. The molecule has 1 aromatic heterocycles. The Labute approximate surface area is 132 Å². The van der Waals surface area contributed by atoms with Gasteiger partial charge in [0.15, 0.2) is 5.01 Å². The Morgan fingerprint density at radius 3 is 2.91 bits per heavy atom. The largest absolute Gasteiger partial charge is 0.490 e. The summed E-state index contributed by atoms with van der Waals surface area (Å²) in [6.07, 6.45) is 2.41. The zero-order valence-corrected chi connectivity index (χ0v) is 12.8. The van der Waals surface area contributed by atoms with Crippen LogP contribution in [0.1, 0.15) is 17.8 Å². The first-order valence-corrected chi connectivity index (χ1v) is 8.26. The van der Waals surface area contributed by atoms with Gasteiger partial charge in [0.05, 0.1) is 10.2 Å². The van der Waals surface area contributed by atoms with Crippen molar-refractivity contribution in [2.24, 2.45) is 0 Å². The van der Waals surface area contributed by atoms with Crippen LogP contribution in [0.25, 0.3) is 21.0 Å². The van der Waals surface area contributed by atoms with Gasteiger partial charge in [-0.2, -0.15) is 5.26 Å². The molecule has 110 valence electrons. The van der Waals surface area contributed by atoms with E-state index in [1.165, 1.54) is 11.3 Å². The third-order valence-corrected chi connectivity index (χ3v) is 5.04. The smallest absolute Gasteiger partial charge is 0.195 e. The van der Waals surface area contributed by atoms with Crippen LogP contribution in [-0.4, -0.2) is 24.2 Å². The fourth-order valence-electron chi connectivity index (χ4n) is 2.92. The maximum atomic E-state index is 9.01. The van der Waals surface area contributed by atoms with Crippen molar-refractivity contribution in [1.29, 1.82) is 5.26 Å². The molecule has 2 heterocycles. The van der Waals surface area contributed by atoms with Crippen molar-refractivity contribution in [3.63, 3.8) is 0 Å². The first kappa shape index (κ1) is 13.5. The average molecular weight is 309 g/mol. The molecule has 0 unspecified atom stereocenters. The summed E-state index contributed by atoms with van der Waals surface area (Å²) in [4.78, 5) is 4.32. The molecule has 5 heteroatoms. The third-order valence-electron chi connectivity index (χ3n) is 4.03. The van der Waals surface area contributed by atoms with Crippen LogP contribution >= 0.6 is 11.3 Å². The normalized spacial score (nSPS) is 16.0. The van der Waals surface area contributed by atoms with Gasteiger partial charge in [0.2, 0.25) is 0 Å². The molecule has 0 radical (unpaired) electrons. The highest BCUT2D eigenvalue weighted by Gasteiger charge is 2.15. The van der Waals surface area contributed by atoms with E-state index in [4.69, 9.17) is 10.00 Å². The number of rotatable bonds is 2. The van der Waals surface area contributed by atoms with Crippen molar-refractivity contribution in [1.82, 2.24) is 10.3 Å². The van der Waals surface area contributed by atoms with E-state index >= 15 is 0 Å². The highest BCUT2D eigenvalue weighted by Crippen LogP contribution is 2.32. The number of piperidine rings is 1. The van der Waals surface area contributed by atoms with Gasteiger partial charge in [-0.15, -0.1) is 11.3 Å². The highest BCUT2D eigenvalue weighted by molar-refractivity contribution is 7.20. The summed E-state index contributed by atoms with van der Waals surface area (Å²) in [5, 5.41) is 15.1. The minimum absolute atomic E-state index is 0.302. The Hall–Kier alpha value is -2.16. The number of benzene rings is 2. The van der Waals surface area contributed by atoms with Gasteiger partial charge in [0.1, 0.15) is 17.9 Å². The number of thiazole rings is 1. The molecule has 1 aliphatic heterocycles. The molecule has 22 heavy (non-hydrogen) atoms. The third kappa shape index (κ3) is 2.41. The molecule has 0 saturated carbocycles. The molecule has 1 fully saturated rings. The SMILES string of the molecule is N#Cc1nc2ccc3cc(OC4CCNCC4)ccc3c2s1. The topological polar surface area (TPSA) is 57.9 Å². The number of fused-ring (bicyclic) bond motifs is 3. The van der Waals surface area contributed by atoms with E-state index in [1.54, 1.807) is 0 Å². The molecule has 3 aromatic rings. The molecule has 0 aliphatic carbocycles. The molecule has 1 N–H and O–H groups in total. The highest BCUT2D eigenvalue weighted by atomic mass is 32.1. The lowest BCUT2D eigenvalue weighted by atomic mass is 10.1. The zero-order chi connectivity index (χ0) is 14.9. The minimum atomic E-state index is 0.302. The van der Waals surface area contributed by atoms with Crippen LogP contribution in [0.2, 0.25) is 0 Å². The summed E-state index contributed by atoms with van der Waals surface area (Å²) in [6.45, 7) is 2.05. The maximum Gasteiger partial charge on any atom is 0.195 e. The average Bonchev–Trinajstić information content (AvgIpc) is 2.99. The molecule has 4 rings (SSSR count). The first-order valence-electron chi connectivity index (χ1n) is 7.44. The van der Waals surface area contributed by atoms with Crippen LogP contribution in [0.15, 0.2) is 30.3 Å². The molecule has 0 spiro atoms. The van der Waals surface area contributed by atoms with Crippen LogP contribution in [0.4, 0.5) is 0 Å². The first-order chi connectivity index (χ1) is 10.8. The molecule has 1 saturated heterocycles. The van der Waals surface area contributed by atoms with E-state index in [2.05, 4.69) is 28.5 Å².